The summed E-state index contributed by atoms with van der Waals surface area (Å²) in [6.07, 6.45) is 0.975. The molecule has 3 rings (SSSR count). The molecule has 0 aliphatic carbocycles. The first kappa shape index (κ1) is 11.1. The topological polar surface area (TPSA) is 29.3 Å². The molecule has 2 aromatic rings. The summed E-state index contributed by atoms with van der Waals surface area (Å²) in [5, 5.41) is 0. The summed E-state index contributed by atoms with van der Waals surface area (Å²) in [6.45, 7) is 1.66. The Labute approximate surface area is 106 Å². The van der Waals surface area contributed by atoms with E-state index in [1.807, 2.05) is 30.3 Å². The third kappa shape index (κ3) is 1.92. The molecular weight excluding hydrogens is 227 g/mol. The number of rotatable bonds is 2. The molecule has 18 heavy (non-hydrogen) atoms. The normalized spacial score (nSPS) is 13.7. The second-order valence-corrected chi connectivity index (χ2v) is 4.64. The van der Waals surface area contributed by atoms with Gasteiger partial charge in [0.25, 0.3) is 0 Å². The number of anilines is 2. The highest BCUT2D eigenvalue weighted by Gasteiger charge is 2.20. The molecule has 0 aromatic heterocycles. The van der Waals surface area contributed by atoms with E-state index in [0.717, 1.165) is 36.4 Å². The monoisotopic (exact) mass is 242 g/mol. The van der Waals surface area contributed by atoms with Crippen LogP contribution < -0.4 is 10.6 Å². The molecule has 2 N–H and O–H groups in total. The van der Waals surface area contributed by atoms with Gasteiger partial charge in [-0.2, -0.15) is 0 Å². The van der Waals surface area contributed by atoms with E-state index in [0.29, 0.717) is 0 Å². The highest BCUT2D eigenvalue weighted by molar-refractivity contribution is 5.59. The fourth-order valence-corrected chi connectivity index (χ4v) is 2.47. The molecule has 0 radical (unpaired) electrons. The van der Waals surface area contributed by atoms with Crippen LogP contribution in [0.25, 0.3) is 0 Å². The van der Waals surface area contributed by atoms with Crippen molar-refractivity contribution in [2.45, 2.75) is 13.0 Å². The minimum atomic E-state index is -0.179. The maximum absolute atomic E-state index is 13.3. The molecule has 0 amide bonds. The Balaban J connectivity index is 1.89. The molecule has 3 heteroatoms. The van der Waals surface area contributed by atoms with Gasteiger partial charge in [0.1, 0.15) is 5.82 Å². The SMILES string of the molecule is Nc1ccccc1CN1CCc2ccc(F)cc21. The number of benzene rings is 2. The minimum absolute atomic E-state index is 0.179. The van der Waals surface area contributed by atoms with E-state index in [4.69, 9.17) is 5.73 Å². The fourth-order valence-electron chi connectivity index (χ4n) is 2.47. The molecule has 92 valence electrons. The van der Waals surface area contributed by atoms with Crippen LogP contribution in [0.4, 0.5) is 15.8 Å². The molecule has 0 bridgehead atoms. The third-order valence-corrected chi connectivity index (χ3v) is 3.46. The quantitative estimate of drug-likeness (QED) is 0.820. The van der Waals surface area contributed by atoms with Crippen molar-refractivity contribution in [1.29, 1.82) is 0 Å². The number of nitrogens with two attached hydrogens (primary N) is 1. The Bertz CT molecular complexity index is 580. The van der Waals surface area contributed by atoms with Crippen molar-refractivity contribution in [2.75, 3.05) is 17.2 Å². The van der Waals surface area contributed by atoms with Gasteiger partial charge in [-0.1, -0.05) is 24.3 Å². The van der Waals surface area contributed by atoms with Crippen LogP contribution in [0, 0.1) is 5.82 Å². The molecule has 0 saturated heterocycles. The van der Waals surface area contributed by atoms with Crippen molar-refractivity contribution in [2.24, 2.45) is 0 Å². The number of fused-ring (bicyclic) bond motifs is 1. The largest absolute Gasteiger partial charge is 0.398 e. The fraction of sp³-hybridized carbons (Fsp3) is 0.200. The Morgan fingerprint density at radius 1 is 1.17 bits per heavy atom. The smallest absolute Gasteiger partial charge is 0.125 e. The van der Waals surface area contributed by atoms with Gasteiger partial charge in [0.2, 0.25) is 0 Å². The van der Waals surface area contributed by atoms with Gasteiger partial charge in [-0.3, -0.25) is 0 Å². The van der Waals surface area contributed by atoms with E-state index in [-0.39, 0.29) is 5.82 Å². The zero-order valence-electron chi connectivity index (χ0n) is 10.1. The van der Waals surface area contributed by atoms with Gasteiger partial charge in [-0.25, -0.2) is 4.39 Å². The van der Waals surface area contributed by atoms with Gasteiger partial charge in [-0.05, 0) is 35.7 Å². The second kappa shape index (κ2) is 4.33. The first-order valence-corrected chi connectivity index (χ1v) is 6.11. The van der Waals surface area contributed by atoms with Crippen molar-refractivity contribution in [3.8, 4) is 0 Å². The van der Waals surface area contributed by atoms with Crippen LogP contribution in [0.15, 0.2) is 42.5 Å². The number of hydrogen-bond donors (Lipinski definition) is 1. The molecule has 0 fully saturated rings. The van der Waals surface area contributed by atoms with Crippen molar-refractivity contribution in [3.63, 3.8) is 0 Å². The van der Waals surface area contributed by atoms with E-state index in [9.17, 15) is 4.39 Å². The molecule has 1 heterocycles. The first-order valence-electron chi connectivity index (χ1n) is 6.11. The zero-order chi connectivity index (χ0) is 12.5. The standard InChI is InChI=1S/C15H15FN2/c16-13-6-5-11-7-8-18(15(11)9-13)10-12-3-1-2-4-14(12)17/h1-6,9H,7-8,10,17H2. The predicted octanol–water partition coefficient (Wildman–Crippen LogP) is 2.97. The van der Waals surface area contributed by atoms with Crippen LogP contribution in [0.1, 0.15) is 11.1 Å². The summed E-state index contributed by atoms with van der Waals surface area (Å²) < 4.78 is 13.3. The number of hydrogen-bond acceptors (Lipinski definition) is 2. The lowest BCUT2D eigenvalue weighted by molar-refractivity contribution is 0.627. The highest BCUT2D eigenvalue weighted by Crippen LogP contribution is 2.30. The summed E-state index contributed by atoms with van der Waals surface area (Å²) in [5.41, 5.74) is 10.0. The van der Waals surface area contributed by atoms with Gasteiger partial charge < -0.3 is 10.6 Å². The summed E-state index contributed by atoms with van der Waals surface area (Å²) in [5.74, 6) is -0.179. The molecular formula is C15H15FN2. The van der Waals surface area contributed by atoms with Crippen molar-refractivity contribution < 1.29 is 4.39 Å². The number of nitrogens with zero attached hydrogens (tertiary/aromatic N) is 1. The average Bonchev–Trinajstić information content (AvgIpc) is 2.75. The third-order valence-electron chi connectivity index (χ3n) is 3.46. The lowest BCUT2D eigenvalue weighted by Crippen LogP contribution is -2.20. The summed E-state index contributed by atoms with van der Waals surface area (Å²) in [7, 11) is 0. The van der Waals surface area contributed by atoms with Gasteiger partial charge in [0, 0.05) is 24.5 Å². The molecule has 2 aromatic carbocycles. The van der Waals surface area contributed by atoms with Gasteiger partial charge in [0.15, 0.2) is 0 Å². The van der Waals surface area contributed by atoms with Crippen molar-refractivity contribution in [1.82, 2.24) is 0 Å². The van der Waals surface area contributed by atoms with E-state index in [2.05, 4.69) is 4.90 Å². The van der Waals surface area contributed by atoms with E-state index >= 15 is 0 Å². The Kier molecular flexibility index (Phi) is 2.67. The van der Waals surface area contributed by atoms with Crippen LogP contribution in [-0.4, -0.2) is 6.54 Å². The molecule has 2 nitrogen and oxygen atoms in total. The Hall–Kier alpha value is -2.03. The summed E-state index contributed by atoms with van der Waals surface area (Å²) >= 11 is 0. The Morgan fingerprint density at radius 3 is 2.83 bits per heavy atom. The van der Waals surface area contributed by atoms with Crippen LogP contribution in [0.2, 0.25) is 0 Å². The summed E-state index contributed by atoms with van der Waals surface area (Å²) in [6, 6.07) is 12.8. The van der Waals surface area contributed by atoms with Crippen molar-refractivity contribution in [3.05, 3.63) is 59.4 Å². The average molecular weight is 242 g/mol. The minimum Gasteiger partial charge on any atom is -0.398 e. The van der Waals surface area contributed by atoms with Crippen LogP contribution >= 0.6 is 0 Å². The number of nitrogen functional groups attached to an aromatic ring is 1. The van der Waals surface area contributed by atoms with E-state index in [1.165, 1.54) is 11.6 Å². The van der Waals surface area contributed by atoms with E-state index in [1.54, 1.807) is 6.07 Å². The molecule has 0 spiro atoms. The van der Waals surface area contributed by atoms with Crippen LogP contribution in [0.5, 0.6) is 0 Å². The molecule has 0 saturated carbocycles. The lowest BCUT2D eigenvalue weighted by Gasteiger charge is -2.20. The maximum atomic E-state index is 13.3. The van der Waals surface area contributed by atoms with Crippen LogP contribution in [0.3, 0.4) is 0 Å². The highest BCUT2D eigenvalue weighted by atomic mass is 19.1. The van der Waals surface area contributed by atoms with E-state index < -0.39 is 0 Å². The first-order chi connectivity index (χ1) is 8.74. The molecule has 1 aliphatic rings. The lowest BCUT2D eigenvalue weighted by atomic mass is 10.1. The van der Waals surface area contributed by atoms with Gasteiger partial charge in [0.05, 0.1) is 0 Å². The van der Waals surface area contributed by atoms with Crippen LogP contribution in [-0.2, 0) is 13.0 Å². The molecule has 0 unspecified atom stereocenters. The predicted molar refractivity (Wildman–Crippen MR) is 72.0 cm³/mol. The maximum Gasteiger partial charge on any atom is 0.125 e. The van der Waals surface area contributed by atoms with Gasteiger partial charge >= 0.3 is 0 Å². The summed E-state index contributed by atoms with van der Waals surface area (Å²) in [4.78, 5) is 2.18. The Morgan fingerprint density at radius 2 is 2.00 bits per heavy atom. The number of halogens is 1. The number of para-hydroxylation sites is 1. The molecule has 1 aliphatic heterocycles. The molecule has 0 atom stereocenters. The van der Waals surface area contributed by atoms with Crippen molar-refractivity contribution >= 4 is 11.4 Å². The second-order valence-electron chi connectivity index (χ2n) is 4.64. The van der Waals surface area contributed by atoms with Gasteiger partial charge in [-0.15, -0.1) is 0 Å². The zero-order valence-corrected chi connectivity index (χ0v) is 10.1.